The van der Waals surface area contributed by atoms with Crippen LogP contribution in [-0.2, 0) is 6.42 Å². The van der Waals surface area contributed by atoms with Gasteiger partial charge in [-0.15, -0.1) is 0 Å². The summed E-state index contributed by atoms with van der Waals surface area (Å²) in [5.41, 5.74) is 1.23. The van der Waals surface area contributed by atoms with Crippen LogP contribution in [-0.4, -0.2) is 22.9 Å². The lowest BCUT2D eigenvalue weighted by Crippen LogP contribution is -2.29. The zero-order chi connectivity index (χ0) is 13.4. The van der Waals surface area contributed by atoms with Crippen molar-refractivity contribution in [2.24, 2.45) is 11.8 Å². The smallest absolute Gasteiger partial charge is 0.0543 e. The quantitative estimate of drug-likeness (QED) is 0.744. The molecule has 0 bridgehead atoms. The van der Waals surface area contributed by atoms with Crippen LogP contribution in [0.15, 0.2) is 30.3 Å². The first-order chi connectivity index (χ1) is 8.69. The first-order valence-corrected chi connectivity index (χ1v) is 7.01. The number of unbranched alkanes of at least 4 members (excludes halogenated alkanes) is 1. The van der Waals surface area contributed by atoms with Gasteiger partial charge in [0.25, 0.3) is 0 Å². The normalized spacial score (nSPS) is 16.2. The summed E-state index contributed by atoms with van der Waals surface area (Å²) in [6.07, 6.45) is 3.73. The molecule has 0 fully saturated rings. The third-order valence-corrected chi connectivity index (χ3v) is 3.69. The maximum atomic E-state index is 9.91. The Labute approximate surface area is 111 Å². The molecule has 0 aliphatic heterocycles. The average Bonchev–Trinajstić information content (AvgIpc) is 2.38. The van der Waals surface area contributed by atoms with Gasteiger partial charge < -0.3 is 10.2 Å². The zero-order valence-electron chi connectivity index (χ0n) is 11.5. The summed E-state index contributed by atoms with van der Waals surface area (Å²) in [6.45, 7) is 4.15. The Balaban J connectivity index is 2.66. The lowest BCUT2D eigenvalue weighted by atomic mass is 9.81. The zero-order valence-corrected chi connectivity index (χ0v) is 11.5. The van der Waals surface area contributed by atoms with E-state index in [1.807, 2.05) is 25.1 Å². The van der Waals surface area contributed by atoms with E-state index in [-0.39, 0.29) is 24.5 Å². The van der Waals surface area contributed by atoms with Gasteiger partial charge in [-0.25, -0.2) is 0 Å². The second-order valence-corrected chi connectivity index (χ2v) is 5.18. The minimum Gasteiger partial charge on any atom is -0.396 e. The molecule has 1 aromatic rings. The van der Waals surface area contributed by atoms with Gasteiger partial charge in [0, 0.05) is 6.61 Å². The van der Waals surface area contributed by atoms with Crippen molar-refractivity contribution in [3.63, 3.8) is 0 Å². The second kappa shape index (κ2) is 8.28. The molecule has 3 unspecified atom stereocenters. The molecule has 0 saturated carbocycles. The molecule has 0 aromatic heterocycles. The fourth-order valence-corrected chi connectivity index (χ4v) is 2.58. The molecule has 1 rings (SSSR count). The monoisotopic (exact) mass is 250 g/mol. The molecule has 0 spiro atoms. The Morgan fingerprint density at radius 3 is 2.33 bits per heavy atom. The molecular weight excluding hydrogens is 224 g/mol. The van der Waals surface area contributed by atoms with Crippen molar-refractivity contribution in [2.75, 3.05) is 6.61 Å². The highest BCUT2D eigenvalue weighted by molar-refractivity contribution is 5.15. The van der Waals surface area contributed by atoms with Crippen molar-refractivity contribution in [2.45, 2.75) is 45.6 Å². The van der Waals surface area contributed by atoms with E-state index in [1.165, 1.54) is 5.56 Å². The van der Waals surface area contributed by atoms with Gasteiger partial charge in [-0.05, 0) is 37.2 Å². The molecule has 2 N–H and O–H groups in total. The summed E-state index contributed by atoms with van der Waals surface area (Å²) in [4.78, 5) is 0. The third kappa shape index (κ3) is 4.79. The van der Waals surface area contributed by atoms with Crippen molar-refractivity contribution in [1.82, 2.24) is 0 Å². The molecule has 2 nitrogen and oxygen atoms in total. The molecule has 0 radical (unpaired) electrons. The Bertz CT molecular complexity index is 308. The standard InChI is InChI=1S/C16H26O2/c1-3-4-10-16(13(2)18)15(12-17)11-14-8-6-5-7-9-14/h5-9,13,15-18H,3-4,10-12H2,1-2H3. The molecule has 1 aromatic carbocycles. The minimum absolute atomic E-state index is 0.147. The summed E-state index contributed by atoms with van der Waals surface area (Å²) >= 11 is 0. The largest absolute Gasteiger partial charge is 0.396 e. The molecule has 0 heterocycles. The van der Waals surface area contributed by atoms with E-state index in [4.69, 9.17) is 0 Å². The highest BCUT2D eigenvalue weighted by Crippen LogP contribution is 2.25. The number of aliphatic hydroxyl groups excluding tert-OH is 2. The van der Waals surface area contributed by atoms with Crippen molar-refractivity contribution in [3.05, 3.63) is 35.9 Å². The van der Waals surface area contributed by atoms with E-state index in [1.54, 1.807) is 0 Å². The van der Waals surface area contributed by atoms with E-state index in [2.05, 4.69) is 19.1 Å². The SMILES string of the molecule is CCCCC(C(C)O)C(CO)Cc1ccccc1. The number of hydrogen-bond donors (Lipinski definition) is 2. The predicted molar refractivity (Wildman–Crippen MR) is 75.4 cm³/mol. The van der Waals surface area contributed by atoms with Gasteiger partial charge in [-0.1, -0.05) is 50.1 Å². The molecule has 0 amide bonds. The Kier molecular flexibility index (Phi) is 6.99. The molecule has 102 valence electrons. The molecule has 2 heteroatoms. The van der Waals surface area contributed by atoms with Gasteiger partial charge in [0.05, 0.1) is 6.10 Å². The van der Waals surface area contributed by atoms with Crippen LogP contribution in [0.1, 0.15) is 38.7 Å². The molecular formula is C16H26O2. The van der Waals surface area contributed by atoms with Crippen LogP contribution in [0.4, 0.5) is 0 Å². The number of aliphatic hydroxyl groups is 2. The van der Waals surface area contributed by atoms with Crippen LogP contribution >= 0.6 is 0 Å². The number of benzene rings is 1. The highest BCUT2D eigenvalue weighted by atomic mass is 16.3. The Hall–Kier alpha value is -0.860. The van der Waals surface area contributed by atoms with Crippen molar-refractivity contribution in [3.8, 4) is 0 Å². The van der Waals surface area contributed by atoms with E-state index < -0.39 is 0 Å². The van der Waals surface area contributed by atoms with E-state index in [0.717, 1.165) is 25.7 Å². The lowest BCUT2D eigenvalue weighted by molar-refractivity contribution is 0.0535. The molecule has 0 aliphatic carbocycles. The van der Waals surface area contributed by atoms with Crippen LogP contribution < -0.4 is 0 Å². The molecule has 0 aliphatic rings. The summed E-state index contributed by atoms with van der Waals surface area (Å²) in [5.74, 6) is 0.342. The van der Waals surface area contributed by atoms with E-state index >= 15 is 0 Å². The predicted octanol–water partition coefficient (Wildman–Crippen LogP) is 3.02. The molecule has 3 atom stereocenters. The fraction of sp³-hybridized carbons (Fsp3) is 0.625. The van der Waals surface area contributed by atoms with Gasteiger partial charge in [-0.3, -0.25) is 0 Å². The number of hydrogen-bond acceptors (Lipinski definition) is 2. The molecule has 0 saturated heterocycles. The van der Waals surface area contributed by atoms with Crippen molar-refractivity contribution >= 4 is 0 Å². The highest BCUT2D eigenvalue weighted by Gasteiger charge is 2.24. The van der Waals surface area contributed by atoms with Gasteiger partial charge in [0.1, 0.15) is 0 Å². The van der Waals surface area contributed by atoms with Crippen LogP contribution in [0.25, 0.3) is 0 Å². The summed E-state index contributed by atoms with van der Waals surface area (Å²) in [7, 11) is 0. The first-order valence-electron chi connectivity index (χ1n) is 7.01. The summed E-state index contributed by atoms with van der Waals surface area (Å²) < 4.78 is 0. The van der Waals surface area contributed by atoms with Gasteiger partial charge in [0.15, 0.2) is 0 Å². The van der Waals surface area contributed by atoms with Gasteiger partial charge in [0.2, 0.25) is 0 Å². The molecule has 18 heavy (non-hydrogen) atoms. The first kappa shape index (κ1) is 15.2. The van der Waals surface area contributed by atoms with Crippen molar-refractivity contribution < 1.29 is 10.2 Å². The van der Waals surface area contributed by atoms with Gasteiger partial charge in [-0.2, -0.15) is 0 Å². The lowest BCUT2D eigenvalue weighted by Gasteiger charge is -2.28. The second-order valence-electron chi connectivity index (χ2n) is 5.18. The van der Waals surface area contributed by atoms with Crippen LogP contribution in [0.3, 0.4) is 0 Å². The van der Waals surface area contributed by atoms with Crippen molar-refractivity contribution in [1.29, 1.82) is 0 Å². The topological polar surface area (TPSA) is 40.5 Å². The fourth-order valence-electron chi connectivity index (χ4n) is 2.58. The van der Waals surface area contributed by atoms with Crippen LogP contribution in [0.5, 0.6) is 0 Å². The minimum atomic E-state index is -0.350. The Morgan fingerprint density at radius 1 is 1.17 bits per heavy atom. The maximum absolute atomic E-state index is 9.91. The maximum Gasteiger partial charge on any atom is 0.0543 e. The summed E-state index contributed by atoms with van der Waals surface area (Å²) in [6, 6.07) is 10.2. The van der Waals surface area contributed by atoms with Gasteiger partial charge >= 0.3 is 0 Å². The van der Waals surface area contributed by atoms with Crippen LogP contribution in [0.2, 0.25) is 0 Å². The Morgan fingerprint density at radius 2 is 1.83 bits per heavy atom. The van der Waals surface area contributed by atoms with E-state index in [0.29, 0.717) is 0 Å². The van der Waals surface area contributed by atoms with E-state index in [9.17, 15) is 10.2 Å². The third-order valence-electron chi connectivity index (χ3n) is 3.69. The average molecular weight is 250 g/mol. The number of rotatable bonds is 8. The van der Waals surface area contributed by atoms with Crippen LogP contribution in [0, 0.1) is 11.8 Å². The summed E-state index contributed by atoms with van der Waals surface area (Å²) in [5, 5.41) is 19.5.